The highest BCUT2D eigenvalue weighted by Crippen LogP contribution is 2.16. The van der Waals surface area contributed by atoms with Gasteiger partial charge in [0.15, 0.2) is 0 Å². The Morgan fingerprint density at radius 1 is 1.53 bits per heavy atom. The fourth-order valence-corrected chi connectivity index (χ4v) is 1.99. The third kappa shape index (κ3) is 2.67. The fraction of sp³-hybridized carbons (Fsp3) is 0.462. The van der Waals surface area contributed by atoms with E-state index in [0.29, 0.717) is 6.54 Å². The van der Waals surface area contributed by atoms with Crippen LogP contribution in [0.3, 0.4) is 0 Å². The number of aryl methyl sites for hydroxylation is 2. The largest absolute Gasteiger partial charge is 0.361 e. The molecule has 0 radical (unpaired) electrons. The summed E-state index contributed by atoms with van der Waals surface area (Å²) in [6.45, 7) is 6.09. The Labute approximate surface area is 112 Å². The number of aromatic nitrogens is 3. The third-order valence-electron chi connectivity index (χ3n) is 3.28. The highest BCUT2D eigenvalue weighted by atomic mass is 16.5. The molecule has 0 saturated carbocycles. The van der Waals surface area contributed by atoms with Crippen LogP contribution in [0.15, 0.2) is 23.2 Å². The zero-order valence-electron chi connectivity index (χ0n) is 11.6. The first-order chi connectivity index (χ1) is 9.00. The van der Waals surface area contributed by atoms with Gasteiger partial charge in [-0.25, -0.2) is 4.98 Å². The van der Waals surface area contributed by atoms with Crippen molar-refractivity contribution in [3.63, 3.8) is 0 Å². The monoisotopic (exact) mass is 262 g/mol. The van der Waals surface area contributed by atoms with Crippen molar-refractivity contribution in [2.75, 3.05) is 7.05 Å². The third-order valence-corrected chi connectivity index (χ3v) is 3.28. The molecule has 2 aromatic heterocycles. The number of likely N-dealkylation sites (N-methyl/N-ethyl adjacent to an activating group) is 1. The minimum Gasteiger partial charge on any atom is -0.361 e. The minimum atomic E-state index is -0.270. The van der Waals surface area contributed by atoms with Crippen LogP contribution in [-0.4, -0.2) is 32.6 Å². The molecule has 0 aliphatic heterocycles. The van der Waals surface area contributed by atoms with Crippen molar-refractivity contribution < 1.29 is 9.32 Å². The molecule has 1 atom stereocenters. The van der Waals surface area contributed by atoms with Crippen LogP contribution < -0.4 is 0 Å². The summed E-state index contributed by atoms with van der Waals surface area (Å²) in [5.41, 5.74) is 1.79. The van der Waals surface area contributed by atoms with Gasteiger partial charge in [-0.1, -0.05) is 5.16 Å². The summed E-state index contributed by atoms with van der Waals surface area (Å²) in [7, 11) is 1.78. The van der Waals surface area contributed by atoms with Crippen molar-refractivity contribution in [1.29, 1.82) is 0 Å². The van der Waals surface area contributed by atoms with Crippen LogP contribution in [-0.2, 0) is 11.3 Å². The van der Waals surface area contributed by atoms with Crippen molar-refractivity contribution in [1.82, 2.24) is 19.6 Å². The van der Waals surface area contributed by atoms with E-state index in [-0.39, 0.29) is 11.9 Å². The molecule has 2 heterocycles. The van der Waals surface area contributed by atoms with Gasteiger partial charge in [-0.05, 0) is 20.8 Å². The molecule has 0 aromatic carbocycles. The van der Waals surface area contributed by atoms with Crippen LogP contribution in [0.2, 0.25) is 0 Å². The molecule has 6 nitrogen and oxygen atoms in total. The minimum absolute atomic E-state index is 0.0259. The summed E-state index contributed by atoms with van der Waals surface area (Å²) in [5.74, 6) is 0.783. The van der Waals surface area contributed by atoms with E-state index >= 15 is 0 Å². The van der Waals surface area contributed by atoms with E-state index < -0.39 is 0 Å². The Kier molecular flexibility index (Phi) is 3.69. The lowest BCUT2D eigenvalue weighted by Gasteiger charge is -2.22. The van der Waals surface area contributed by atoms with Gasteiger partial charge in [-0.15, -0.1) is 0 Å². The Morgan fingerprint density at radius 2 is 2.26 bits per heavy atom. The van der Waals surface area contributed by atoms with E-state index in [4.69, 9.17) is 4.52 Å². The number of carbonyl (C=O) groups is 1. The van der Waals surface area contributed by atoms with Crippen molar-refractivity contribution in [3.8, 4) is 0 Å². The van der Waals surface area contributed by atoms with Crippen LogP contribution in [0.5, 0.6) is 0 Å². The van der Waals surface area contributed by atoms with Crippen molar-refractivity contribution >= 4 is 5.91 Å². The normalized spacial score (nSPS) is 12.4. The Hall–Kier alpha value is -2.11. The molecule has 0 aliphatic carbocycles. The summed E-state index contributed by atoms with van der Waals surface area (Å²) in [5, 5.41) is 3.90. The van der Waals surface area contributed by atoms with Crippen LogP contribution in [0.4, 0.5) is 0 Å². The Morgan fingerprint density at radius 3 is 2.79 bits per heavy atom. The van der Waals surface area contributed by atoms with E-state index in [2.05, 4.69) is 10.1 Å². The number of amides is 1. The zero-order chi connectivity index (χ0) is 14.0. The van der Waals surface area contributed by atoms with E-state index in [1.165, 1.54) is 0 Å². The highest BCUT2D eigenvalue weighted by Gasteiger charge is 2.21. The maximum absolute atomic E-state index is 12.3. The predicted octanol–water partition coefficient (Wildman–Crippen LogP) is 1.71. The van der Waals surface area contributed by atoms with Gasteiger partial charge in [0, 0.05) is 25.0 Å². The number of hydrogen-bond donors (Lipinski definition) is 0. The summed E-state index contributed by atoms with van der Waals surface area (Å²) in [6.07, 6.45) is 5.09. The SMILES string of the molecule is Cc1noc(C)c1CN(C)C(=O)[C@H](C)n1ccnc1. The van der Waals surface area contributed by atoms with Crippen molar-refractivity contribution in [2.24, 2.45) is 0 Å². The molecule has 19 heavy (non-hydrogen) atoms. The van der Waals surface area contributed by atoms with Gasteiger partial charge in [0.05, 0.1) is 18.6 Å². The van der Waals surface area contributed by atoms with E-state index in [1.807, 2.05) is 20.8 Å². The van der Waals surface area contributed by atoms with Gasteiger partial charge in [0.25, 0.3) is 0 Å². The smallest absolute Gasteiger partial charge is 0.245 e. The number of imidazole rings is 1. The molecule has 6 heteroatoms. The van der Waals surface area contributed by atoms with Gasteiger partial charge in [0.1, 0.15) is 11.8 Å². The molecule has 0 spiro atoms. The van der Waals surface area contributed by atoms with Gasteiger partial charge in [-0.2, -0.15) is 0 Å². The van der Waals surface area contributed by atoms with E-state index in [0.717, 1.165) is 17.0 Å². The molecular weight excluding hydrogens is 244 g/mol. The van der Waals surface area contributed by atoms with Gasteiger partial charge in [-0.3, -0.25) is 4.79 Å². The van der Waals surface area contributed by atoms with Gasteiger partial charge < -0.3 is 14.0 Å². The molecule has 1 amide bonds. The average Bonchev–Trinajstić information content (AvgIpc) is 3.02. The summed E-state index contributed by atoms with van der Waals surface area (Å²) in [6, 6.07) is -0.270. The van der Waals surface area contributed by atoms with Crippen LogP contribution in [0, 0.1) is 13.8 Å². The molecule has 0 N–H and O–H groups in total. The summed E-state index contributed by atoms with van der Waals surface area (Å²) < 4.78 is 6.89. The second-order valence-corrected chi connectivity index (χ2v) is 4.68. The summed E-state index contributed by atoms with van der Waals surface area (Å²) in [4.78, 5) is 18.0. The predicted molar refractivity (Wildman–Crippen MR) is 69.4 cm³/mol. The molecule has 2 aromatic rings. The number of rotatable bonds is 4. The number of hydrogen-bond acceptors (Lipinski definition) is 4. The van der Waals surface area contributed by atoms with Gasteiger partial charge in [0.2, 0.25) is 5.91 Å². The molecule has 102 valence electrons. The van der Waals surface area contributed by atoms with Crippen LogP contribution in [0.1, 0.15) is 30.0 Å². The number of nitrogens with zero attached hydrogens (tertiary/aromatic N) is 4. The lowest BCUT2D eigenvalue weighted by atomic mass is 10.2. The second-order valence-electron chi connectivity index (χ2n) is 4.68. The molecule has 2 rings (SSSR count). The van der Waals surface area contributed by atoms with Crippen LogP contribution in [0.25, 0.3) is 0 Å². The highest BCUT2D eigenvalue weighted by molar-refractivity contribution is 5.79. The van der Waals surface area contributed by atoms with Crippen molar-refractivity contribution in [2.45, 2.75) is 33.4 Å². The molecule has 0 unspecified atom stereocenters. The topological polar surface area (TPSA) is 64.2 Å². The Balaban J connectivity index is 2.08. The van der Waals surface area contributed by atoms with Crippen molar-refractivity contribution in [3.05, 3.63) is 35.7 Å². The second kappa shape index (κ2) is 5.26. The fourth-order valence-electron chi connectivity index (χ4n) is 1.99. The first kappa shape index (κ1) is 13.3. The standard InChI is InChI=1S/C13H18N4O2/c1-9-12(11(3)19-15-9)7-16(4)13(18)10(2)17-6-5-14-8-17/h5-6,8,10H,7H2,1-4H3/t10-/m0/s1. The Bertz CT molecular complexity index is 540. The maximum Gasteiger partial charge on any atom is 0.245 e. The molecule has 0 fully saturated rings. The summed E-state index contributed by atoms with van der Waals surface area (Å²) >= 11 is 0. The molecule has 0 saturated heterocycles. The van der Waals surface area contributed by atoms with Gasteiger partial charge >= 0.3 is 0 Å². The number of carbonyl (C=O) groups excluding carboxylic acids is 1. The molecular formula is C13H18N4O2. The molecule has 0 aliphatic rings. The lowest BCUT2D eigenvalue weighted by molar-refractivity contribution is -0.133. The van der Waals surface area contributed by atoms with E-state index in [1.54, 1.807) is 35.2 Å². The quantitative estimate of drug-likeness (QED) is 0.841. The average molecular weight is 262 g/mol. The first-order valence-electron chi connectivity index (χ1n) is 6.15. The van der Waals surface area contributed by atoms with Crippen LogP contribution >= 0.6 is 0 Å². The molecule has 0 bridgehead atoms. The first-order valence-corrected chi connectivity index (χ1v) is 6.15. The zero-order valence-corrected chi connectivity index (χ0v) is 11.6. The maximum atomic E-state index is 12.3. The van der Waals surface area contributed by atoms with E-state index in [9.17, 15) is 4.79 Å². The lowest BCUT2D eigenvalue weighted by Crippen LogP contribution is -2.32.